The van der Waals surface area contributed by atoms with Gasteiger partial charge >= 0.3 is 0 Å². The van der Waals surface area contributed by atoms with Crippen molar-refractivity contribution in [2.45, 2.75) is 18.7 Å². The summed E-state index contributed by atoms with van der Waals surface area (Å²) in [5, 5.41) is 0. The van der Waals surface area contributed by atoms with Gasteiger partial charge in [0.2, 0.25) is 11.8 Å². The second-order valence-corrected chi connectivity index (χ2v) is 6.12. The SMILES string of the molecule is C=C(C)CN(CC)C(=O)CN1C(=O)CSc2ccccc21. The third-order valence-corrected chi connectivity index (χ3v) is 4.34. The van der Waals surface area contributed by atoms with Crippen LogP contribution in [0.1, 0.15) is 13.8 Å². The van der Waals surface area contributed by atoms with Crippen LogP contribution in [0.25, 0.3) is 0 Å². The Balaban J connectivity index is 2.16. The van der Waals surface area contributed by atoms with Crippen molar-refractivity contribution >= 4 is 29.3 Å². The fraction of sp³-hybridized carbons (Fsp3) is 0.375. The number of likely N-dealkylation sites (N-methyl/N-ethyl adjacent to an activating group) is 1. The summed E-state index contributed by atoms with van der Waals surface area (Å²) >= 11 is 1.52. The van der Waals surface area contributed by atoms with Crippen molar-refractivity contribution in [3.05, 3.63) is 36.4 Å². The molecule has 1 aromatic rings. The molecule has 0 aliphatic carbocycles. The molecule has 1 aromatic carbocycles. The maximum absolute atomic E-state index is 12.4. The number of benzene rings is 1. The van der Waals surface area contributed by atoms with E-state index in [0.717, 1.165) is 16.2 Å². The highest BCUT2D eigenvalue weighted by Gasteiger charge is 2.27. The number of para-hydroxylation sites is 1. The molecule has 0 unspecified atom stereocenters. The van der Waals surface area contributed by atoms with Crippen LogP contribution in [0.15, 0.2) is 41.3 Å². The summed E-state index contributed by atoms with van der Waals surface area (Å²) in [6.45, 7) is 8.92. The van der Waals surface area contributed by atoms with Gasteiger partial charge in [0.25, 0.3) is 0 Å². The summed E-state index contributed by atoms with van der Waals surface area (Å²) in [4.78, 5) is 28.9. The molecule has 21 heavy (non-hydrogen) atoms. The number of hydrogen-bond donors (Lipinski definition) is 0. The lowest BCUT2D eigenvalue weighted by molar-refractivity contribution is -0.130. The van der Waals surface area contributed by atoms with Gasteiger partial charge in [0.05, 0.1) is 11.4 Å². The summed E-state index contributed by atoms with van der Waals surface area (Å²) in [7, 11) is 0. The van der Waals surface area contributed by atoms with Crippen LogP contribution in [0, 0.1) is 0 Å². The van der Waals surface area contributed by atoms with Gasteiger partial charge in [-0.2, -0.15) is 0 Å². The van der Waals surface area contributed by atoms with Crippen LogP contribution in [0.3, 0.4) is 0 Å². The highest BCUT2D eigenvalue weighted by Crippen LogP contribution is 2.34. The average Bonchev–Trinajstić information content (AvgIpc) is 2.47. The van der Waals surface area contributed by atoms with Gasteiger partial charge in [-0.1, -0.05) is 24.3 Å². The molecule has 1 aliphatic rings. The fourth-order valence-electron chi connectivity index (χ4n) is 2.26. The number of fused-ring (bicyclic) bond motifs is 1. The zero-order valence-corrected chi connectivity index (χ0v) is 13.3. The van der Waals surface area contributed by atoms with Gasteiger partial charge in [-0.05, 0) is 26.0 Å². The molecule has 5 heteroatoms. The molecule has 2 amide bonds. The summed E-state index contributed by atoms with van der Waals surface area (Å²) < 4.78 is 0. The van der Waals surface area contributed by atoms with E-state index in [1.54, 1.807) is 9.80 Å². The maximum atomic E-state index is 12.4. The van der Waals surface area contributed by atoms with Gasteiger partial charge in [-0.3, -0.25) is 9.59 Å². The van der Waals surface area contributed by atoms with Crippen molar-refractivity contribution in [3.63, 3.8) is 0 Å². The Labute approximate surface area is 129 Å². The van der Waals surface area contributed by atoms with Crippen molar-refractivity contribution in [3.8, 4) is 0 Å². The highest BCUT2D eigenvalue weighted by atomic mass is 32.2. The van der Waals surface area contributed by atoms with E-state index in [4.69, 9.17) is 0 Å². The highest BCUT2D eigenvalue weighted by molar-refractivity contribution is 8.00. The zero-order chi connectivity index (χ0) is 15.4. The Hall–Kier alpha value is -1.75. The van der Waals surface area contributed by atoms with Gasteiger partial charge in [0.15, 0.2) is 0 Å². The molecule has 0 fully saturated rings. The van der Waals surface area contributed by atoms with Crippen LogP contribution in [0.2, 0.25) is 0 Å². The summed E-state index contributed by atoms with van der Waals surface area (Å²) in [5.74, 6) is 0.325. The van der Waals surface area contributed by atoms with Crippen LogP contribution in [-0.2, 0) is 9.59 Å². The third-order valence-electron chi connectivity index (χ3n) is 3.30. The molecule has 0 radical (unpaired) electrons. The first-order valence-electron chi connectivity index (χ1n) is 6.97. The van der Waals surface area contributed by atoms with E-state index in [-0.39, 0.29) is 18.4 Å². The molecular weight excluding hydrogens is 284 g/mol. The van der Waals surface area contributed by atoms with E-state index in [9.17, 15) is 9.59 Å². The number of amides is 2. The Morgan fingerprint density at radius 3 is 2.81 bits per heavy atom. The molecule has 0 aromatic heterocycles. The van der Waals surface area contributed by atoms with Crippen LogP contribution < -0.4 is 4.90 Å². The molecule has 0 saturated heterocycles. The molecule has 2 rings (SSSR count). The molecule has 0 spiro atoms. The lowest BCUT2D eigenvalue weighted by atomic mass is 10.2. The standard InChI is InChI=1S/C16H20N2O2S/c1-4-17(9-12(2)3)15(19)10-18-13-7-5-6-8-14(13)21-11-16(18)20/h5-8H,2,4,9-11H2,1,3H3. The van der Waals surface area contributed by atoms with Crippen molar-refractivity contribution in [1.29, 1.82) is 0 Å². The van der Waals surface area contributed by atoms with Crippen molar-refractivity contribution in [1.82, 2.24) is 4.90 Å². The predicted octanol–water partition coefficient (Wildman–Crippen LogP) is 2.55. The summed E-state index contributed by atoms with van der Waals surface area (Å²) in [6.07, 6.45) is 0. The molecule has 1 aliphatic heterocycles. The van der Waals surface area contributed by atoms with Crippen molar-refractivity contribution in [2.75, 3.05) is 30.3 Å². The summed E-state index contributed by atoms with van der Waals surface area (Å²) in [5.41, 5.74) is 1.77. The second-order valence-electron chi connectivity index (χ2n) is 5.10. The van der Waals surface area contributed by atoms with Crippen molar-refractivity contribution < 1.29 is 9.59 Å². The Morgan fingerprint density at radius 1 is 1.43 bits per heavy atom. The van der Waals surface area contributed by atoms with E-state index < -0.39 is 0 Å². The average molecular weight is 304 g/mol. The van der Waals surface area contributed by atoms with Gasteiger partial charge in [0.1, 0.15) is 6.54 Å². The first-order valence-corrected chi connectivity index (χ1v) is 7.95. The van der Waals surface area contributed by atoms with Gasteiger partial charge in [-0.25, -0.2) is 0 Å². The normalized spacial score (nSPS) is 13.8. The number of hydrogen-bond acceptors (Lipinski definition) is 3. The first kappa shape index (κ1) is 15.6. The molecule has 0 atom stereocenters. The van der Waals surface area contributed by atoms with Gasteiger partial charge in [0, 0.05) is 18.0 Å². The number of carbonyl (C=O) groups excluding carboxylic acids is 2. The quantitative estimate of drug-likeness (QED) is 0.785. The number of anilines is 1. The Morgan fingerprint density at radius 2 is 2.14 bits per heavy atom. The Kier molecular flexibility index (Phi) is 5.07. The minimum Gasteiger partial charge on any atom is -0.337 e. The lowest BCUT2D eigenvalue weighted by Crippen LogP contribution is -2.45. The van der Waals surface area contributed by atoms with E-state index in [1.165, 1.54) is 11.8 Å². The molecule has 112 valence electrons. The number of carbonyl (C=O) groups is 2. The van der Waals surface area contributed by atoms with Gasteiger partial charge in [-0.15, -0.1) is 11.8 Å². The molecule has 0 saturated carbocycles. The van der Waals surface area contributed by atoms with E-state index >= 15 is 0 Å². The molecule has 4 nitrogen and oxygen atoms in total. The van der Waals surface area contributed by atoms with Crippen LogP contribution in [0.5, 0.6) is 0 Å². The second kappa shape index (κ2) is 6.80. The minimum atomic E-state index is -0.0458. The summed E-state index contributed by atoms with van der Waals surface area (Å²) in [6, 6.07) is 7.71. The van der Waals surface area contributed by atoms with Gasteiger partial charge < -0.3 is 9.80 Å². The van der Waals surface area contributed by atoms with E-state index in [2.05, 4.69) is 6.58 Å². The maximum Gasteiger partial charge on any atom is 0.242 e. The first-order chi connectivity index (χ1) is 10.0. The van der Waals surface area contributed by atoms with E-state index in [0.29, 0.717) is 18.8 Å². The monoisotopic (exact) mass is 304 g/mol. The molecule has 1 heterocycles. The number of nitrogens with zero attached hydrogens (tertiary/aromatic N) is 2. The predicted molar refractivity (Wildman–Crippen MR) is 86.6 cm³/mol. The van der Waals surface area contributed by atoms with Crippen LogP contribution in [-0.4, -0.2) is 42.1 Å². The van der Waals surface area contributed by atoms with Crippen molar-refractivity contribution in [2.24, 2.45) is 0 Å². The molecule has 0 bridgehead atoms. The smallest absolute Gasteiger partial charge is 0.242 e. The molecule has 0 N–H and O–H groups in total. The zero-order valence-electron chi connectivity index (χ0n) is 12.5. The number of rotatable bonds is 5. The molecular formula is C16H20N2O2S. The van der Waals surface area contributed by atoms with Crippen LogP contribution >= 0.6 is 11.8 Å². The third kappa shape index (κ3) is 3.67. The number of thioether (sulfide) groups is 1. The lowest BCUT2D eigenvalue weighted by Gasteiger charge is -2.30. The topological polar surface area (TPSA) is 40.6 Å². The minimum absolute atomic E-state index is 0.0153. The fourth-order valence-corrected chi connectivity index (χ4v) is 3.20. The Bertz CT molecular complexity index is 571. The largest absolute Gasteiger partial charge is 0.337 e. The van der Waals surface area contributed by atoms with E-state index in [1.807, 2.05) is 38.1 Å². The van der Waals surface area contributed by atoms with Crippen LogP contribution in [0.4, 0.5) is 5.69 Å².